The molecule has 1 aliphatic rings. The molecule has 1 fully saturated rings. The molecular weight excluding hydrogens is 268 g/mol. The van der Waals surface area contributed by atoms with Crippen LogP contribution in [-0.2, 0) is 11.3 Å². The molecule has 0 atom stereocenters. The molecule has 22 heavy (non-hydrogen) atoms. The summed E-state index contributed by atoms with van der Waals surface area (Å²) in [6, 6.07) is 9.09. The van der Waals surface area contributed by atoms with Gasteiger partial charge in [0.15, 0.2) is 0 Å². The van der Waals surface area contributed by atoms with Gasteiger partial charge < -0.3 is 4.74 Å². The van der Waals surface area contributed by atoms with Gasteiger partial charge in [-0.05, 0) is 68.9 Å². The molecule has 0 amide bonds. The predicted molar refractivity (Wildman–Crippen MR) is 95.0 cm³/mol. The van der Waals surface area contributed by atoms with Crippen LogP contribution in [0.25, 0.3) is 0 Å². The summed E-state index contributed by atoms with van der Waals surface area (Å²) in [5, 5.41) is 0. The van der Waals surface area contributed by atoms with Crippen LogP contribution in [-0.4, -0.2) is 6.61 Å². The molecule has 0 aliphatic heterocycles. The zero-order valence-electron chi connectivity index (χ0n) is 14.1. The number of allylic oxidation sites excluding steroid dienone is 3. The Hall–Kier alpha value is -1.34. The highest BCUT2D eigenvalue weighted by Crippen LogP contribution is 2.37. The van der Waals surface area contributed by atoms with E-state index in [-0.39, 0.29) is 0 Å². The molecule has 0 saturated heterocycles. The molecule has 1 nitrogen and oxygen atoms in total. The van der Waals surface area contributed by atoms with Crippen molar-refractivity contribution in [2.75, 3.05) is 6.61 Å². The molecule has 0 heterocycles. The summed E-state index contributed by atoms with van der Waals surface area (Å²) >= 11 is 0. The van der Waals surface area contributed by atoms with Crippen LogP contribution >= 0.6 is 0 Å². The standard InChI is InChI=1S/C21H30O/c1-3-5-7-18-8-12-20(13-9-18)21-14-10-19(11-15-21)17-22-16-6-4-2/h3-6,10-11,14-15,18,20H,7-9,12-13,16-17H2,1-2H3. The SMILES string of the molecule is CC=CCOCc1ccc(C2CCC(CC=CC)CC2)cc1. The fraction of sp³-hybridized carbons (Fsp3) is 0.524. The first-order valence-electron chi connectivity index (χ1n) is 8.72. The van der Waals surface area contributed by atoms with Crippen molar-refractivity contribution in [2.45, 2.75) is 58.5 Å². The van der Waals surface area contributed by atoms with E-state index in [0.29, 0.717) is 13.2 Å². The van der Waals surface area contributed by atoms with Gasteiger partial charge >= 0.3 is 0 Å². The lowest BCUT2D eigenvalue weighted by Gasteiger charge is -2.28. The summed E-state index contributed by atoms with van der Waals surface area (Å²) in [4.78, 5) is 0. The normalized spacial score (nSPS) is 22.6. The van der Waals surface area contributed by atoms with E-state index in [1.807, 2.05) is 19.1 Å². The molecule has 120 valence electrons. The summed E-state index contributed by atoms with van der Waals surface area (Å²) in [5.74, 6) is 1.67. The number of hydrogen-bond donors (Lipinski definition) is 0. The topological polar surface area (TPSA) is 9.23 Å². The maximum absolute atomic E-state index is 5.60. The van der Waals surface area contributed by atoms with E-state index < -0.39 is 0 Å². The molecule has 1 aromatic carbocycles. The van der Waals surface area contributed by atoms with Crippen molar-refractivity contribution in [3.63, 3.8) is 0 Å². The molecular formula is C21H30O. The van der Waals surface area contributed by atoms with E-state index in [1.165, 1.54) is 43.2 Å². The van der Waals surface area contributed by atoms with Gasteiger partial charge in [0.1, 0.15) is 0 Å². The molecule has 0 bridgehead atoms. The number of rotatable bonds is 7. The molecule has 0 aromatic heterocycles. The first-order chi connectivity index (χ1) is 10.8. The second-order valence-electron chi connectivity index (χ2n) is 6.35. The van der Waals surface area contributed by atoms with E-state index in [2.05, 4.69) is 43.3 Å². The fourth-order valence-corrected chi connectivity index (χ4v) is 3.29. The van der Waals surface area contributed by atoms with E-state index in [9.17, 15) is 0 Å². The molecule has 1 saturated carbocycles. The summed E-state index contributed by atoms with van der Waals surface area (Å²) in [7, 11) is 0. The summed E-state index contributed by atoms with van der Waals surface area (Å²) < 4.78 is 5.60. The molecule has 1 heteroatoms. The van der Waals surface area contributed by atoms with E-state index in [1.54, 1.807) is 0 Å². The molecule has 0 N–H and O–H groups in total. The van der Waals surface area contributed by atoms with Gasteiger partial charge in [0, 0.05) is 0 Å². The number of hydrogen-bond acceptors (Lipinski definition) is 1. The highest BCUT2D eigenvalue weighted by molar-refractivity contribution is 5.25. The fourth-order valence-electron chi connectivity index (χ4n) is 3.29. The lowest BCUT2D eigenvalue weighted by molar-refractivity contribution is 0.148. The van der Waals surface area contributed by atoms with Crippen molar-refractivity contribution in [2.24, 2.45) is 5.92 Å². The Morgan fingerprint density at radius 2 is 1.64 bits per heavy atom. The molecule has 1 aliphatic carbocycles. The Morgan fingerprint density at radius 3 is 2.27 bits per heavy atom. The van der Waals surface area contributed by atoms with Gasteiger partial charge in [0.25, 0.3) is 0 Å². The van der Waals surface area contributed by atoms with Crippen LogP contribution in [0.1, 0.15) is 63.0 Å². The predicted octanol–water partition coefficient (Wildman–Crippen LogP) is 6.02. The second-order valence-corrected chi connectivity index (χ2v) is 6.35. The van der Waals surface area contributed by atoms with Gasteiger partial charge in [-0.15, -0.1) is 0 Å². The molecule has 1 aromatic rings. The van der Waals surface area contributed by atoms with Crippen LogP contribution in [0.3, 0.4) is 0 Å². The van der Waals surface area contributed by atoms with Crippen molar-refractivity contribution in [3.05, 3.63) is 59.7 Å². The molecule has 2 rings (SSSR count). The first kappa shape index (κ1) is 17.0. The van der Waals surface area contributed by atoms with Crippen LogP contribution in [0.4, 0.5) is 0 Å². The van der Waals surface area contributed by atoms with Crippen molar-refractivity contribution < 1.29 is 4.74 Å². The quantitative estimate of drug-likeness (QED) is 0.442. The Kier molecular flexibility index (Phi) is 7.45. The average Bonchev–Trinajstić information content (AvgIpc) is 2.58. The largest absolute Gasteiger partial charge is 0.373 e. The number of ether oxygens (including phenoxy) is 1. The maximum Gasteiger partial charge on any atom is 0.0721 e. The second kappa shape index (κ2) is 9.63. The summed E-state index contributed by atoms with van der Waals surface area (Å²) in [5.41, 5.74) is 2.79. The van der Waals surface area contributed by atoms with Crippen LogP contribution in [0, 0.1) is 5.92 Å². The lowest BCUT2D eigenvalue weighted by Crippen LogP contribution is -2.12. The zero-order chi connectivity index (χ0) is 15.6. The smallest absolute Gasteiger partial charge is 0.0721 e. The highest BCUT2D eigenvalue weighted by atomic mass is 16.5. The average molecular weight is 298 g/mol. The minimum atomic E-state index is 0.703. The Morgan fingerprint density at radius 1 is 0.955 bits per heavy atom. The van der Waals surface area contributed by atoms with Gasteiger partial charge in [0.2, 0.25) is 0 Å². The van der Waals surface area contributed by atoms with Crippen LogP contribution in [0.15, 0.2) is 48.6 Å². The van der Waals surface area contributed by atoms with Gasteiger partial charge in [-0.2, -0.15) is 0 Å². The van der Waals surface area contributed by atoms with Gasteiger partial charge in [-0.3, -0.25) is 0 Å². The Labute approximate surface area is 136 Å². The third kappa shape index (κ3) is 5.46. The van der Waals surface area contributed by atoms with Crippen molar-refractivity contribution in [3.8, 4) is 0 Å². The van der Waals surface area contributed by atoms with E-state index in [4.69, 9.17) is 4.74 Å². The van der Waals surface area contributed by atoms with E-state index >= 15 is 0 Å². The van der Waals surface area contributed by atoms with Gasteiger partial charge in [-0.1, -0.05) is 48.6 Å². The Bertz CT molecular complexity index is 461. The van der Waals surface area contributed by atoms with Crippen LogP contribution < -0.4 is 0 Å². The first-order valence-corrected chi connectivity index (χ1v) is 8.72. The number of benzene rings is 1. The minimum absolute atomic E-state index is 0.703. The zero-order valence-corrected chi connectivity index (χ0v) is 14.1. The maximum atomic E-state index is 5.60. The summed E-state index contributed by atoms with van der Waals surface area (Å²) in [6.45, 7) is 5.55. The van der Waals surface area contributed by atoms with E-state index in [0.717, 1.165) is 11.8 Å². The van der Waals surface area contributed by atoms with Crippen molar-refractivity contribution >= 4 is 0 Å². The van der Waals surface area contributed by atoms with Crippen LogP contribution in [0.5, 0.6) is 0 Å². The molecule has 0 unspecified atom stereocenters. The Balaban J connectivity index is 1.79. The molecule has 0 radical (unpaired) electrons. The highest BCUT2D eigenvalue weighted by Gasteiger charge is 2.21. The van der Waals surface area contributed by atoms with Crippen molar-refractivity contribution in [1.82, 2.24) is 0 Å². The summed E-state index contributed by atoms with van der Waals surface area (Å²) in [6.07, 6.45) is 15.3. The van der Waals surface area contributed by atoms with Gasteiger partial charge in [0.05, 0.1) is 13.2 Å². The minimum Gasteiger partial charge on any atom is -0.373 e. The lowest BCUT2D eigenvalue weighted by atomic mass is 9.77. The van der Waals surface area contributed by atoms with Crippen molar-refractivity contribution in [1.29, 1.82) is 0 Å². The third-order valence-corrected chi connectivity index (χ3v) is 4.72. The third-order valence-electron chi connectivity index (χ3n) is 4.72. The monoisotopic (exact) mass is 298 g/mol. The van der Waals surface area contributed by atoms with Crippen LogP contribution in [0.2, 0.25) is 0 Å². The van der Waals surface area contributed by atoms with Gasteiger partial charge in [-0.25, -0.2) is 0 Å². The molecule has 0 spiro atoms.